The summed E-state index contributed by atoms with van der Waals surface area (Å²) < 4.78 is 0. The molecule has 0 atom stereocenters. The van der Waals surface area contributed by atoms with Crippen molar-refractivity contribution < 1.29 is 9.59 Å². The Morgan fingerprint density at radius 3 is 2.25 bits per heavy atom. The Morgan fingerprint density at radius 2 is 1.62 bits per heavy atom. The standard InChI is InChI=1S/C18H24ClN3O2/c19-14-5-7-16(8-6-14)21-18(24)22-11-9-13(10-12-22)17(23)20-15-3-1-2-4-15/h5-8,13,15H,1-4,9-12H2,(H,20,23)(H,21,24). The number of piperidine rings is 1. The van der Waals surface area contributed by atoms with Crippen LogP contribution in [0.2, 0.25) is 5.02 Å². The van der Waals surface area contributed by atoms with Crippen molar-refractivity contribution in [2.24, 2.45) is 5.92 Å². The molecule has 0 unspecified atom stereocenters. The molecule has 3 amide bonds. The Hall–Kier alpha value is -1.75. The van der Waals surface area contributed by atoms with Crippen LogP contribution in [0.25, 0.3) is 0 Å². The van der Waals surface area contributed by atoms with Crippen LogP contribution in [-0.4, -0.2) is 36.0 Å². The SMILES string of the molecule is O=C(NC1CCCC1)C1CCN(C(=O)Nc2ccc(Cl)cc2)CC1. The van der Waals surface area contributed by atoms with Crippen LogP contribution in [0.15, 0.2) is 24.3 Å². The molecule has 0 bridgehead atoms. The van der Waals surface area contributed by atoms with Gasteiger partial charge >= 0.3 is 6.03 Å². The summed E-state index contributed by atoms with van der Waals surface area (Å²) >= 11 is 5.84. The Kier molecular flexibility index (Phi) is 5.61. The van der Waals surface area contributed by atoms with Gasteiger partial charge in [-0.3, -0.25) is 4.79 Å². The van der Waals surface area contributed by atoms with E-state index < -0.39 is 0 Å². The highest BCUT2D eigenvalue weighted by Crippen LogP contribution is 2.22. The Morgan fingerprint density at radius 1 is 1.00 bits per heavy atom. The second-order valence-corrected chi connectivity index (χ2v) is 7.12. The van der Waals surface area contributed by atoms with Gasteiger partial charge in [0.15, 0.2) is 0 Å². The number of nitrogens with zero attached hydrogens (tertiary/aromatic N) is 1. The summed E-state index contributed by atoms with van der Waals surface area (Å²) in [7, 11) is 0. The number of likely N-dealkylation sites (tertiary alicyclic amines) is 1. The molecule has 1 aliphatic heterocycles. The van der Waals surface area contributed by atoms with E-state index in [0.717, 1.165) is 31.4 Å². The molecule has 130 valence electrons. The maximum absolute atomic E-state index is 12.3. The van der Waals surface area contributed by atoms with Gasteiger partial charge in [0.2, 0.25) is 5.91 Å². The fourth-order valence-corrected chi connectivity index (χ4v) is 3.60. The van der Waals surface area contributed by atoms with Gasteiger partial charge in [0.05, 0.1) is 0 Å². The molecule has 1 aromatic rings. The molecular weight excluding hydrogens is 326 g/mol. The lowest BCUT2D eigenvalue weighted by molar-refractivity contribution is -0.126. The zero-order valence-corrected chi connectivity index (χ0v) is 14.5. The van der Waals surface area contributed by atoms with E-state index in [2.05, 4.69) is 10.6 Å². The Bertz CT molecular complexity index is 576. The molecule has 1 aromatic carbocycles. The molecule has 1 heterocycles. The van der Waals surface area contributed by atoms with Crippen molar-refractivity contribution in [1.29, 1.82) is 0 Å². The number of hydrogen-bond acceptors (Lipinski definition) is 2. The molecule has 0 aromatic heterocycles. The van der Waals surface area contributed by atoms with E-state index in [9.17, 15) is 9.59 Å². The van der Waals surface area contributed by atoms with Crippen molar-refractivity contribution >= 4 is 29.2 Å². The van der Waals surface area contributed by atoms with Gasteiger partial charge in [-0.05, 0) is 49.9 Å². The number of halogens is 1. The third-order valence-corrected chi connectivity index (χ3v) is 5.20. The van der Waals surface area contributed by atoms with Gasteiger partial charge in [-0.15, -0.1) is 0 Å². The summed E-state index contributed by atoms with van der Waals surface area (Å²) in [6.07, 6.45) is 6.10. The number of rotatable bonds is 3. The van der Waals surface area contributed by atoms with Crippen molar-refractivity contribution in [2.45, 2.75) is 44.6 Å². The van der Waals surface area contributed by atoms with Gasteiger partial charge in [-0.25, -0.2) is 4.79 Å². The van der Waals surface area contributed by atoms with Crippen LogP contribution in [0.3, 0.4) is 0 Å². The number of carbonyl (C=O) groups is 2. The minimum absolute atomic E-state index is 0.0326. The van der Waals surface area contributed by atoms with Gasteiger partial charge in [-0.1, -0.05) is 24.4 Å². The van der Waals surface area contributed by atoms with Crippen molar-refractivity contribution in [3.05, 3.63) is 29.3 Å². The van der Waals surface area contributed by atoms with E-state index in [0.29, 0.717) is 24.2 Å². The lowest BCUT2D eigenvalue weighted by Gasteiger charge is -2.32. The van der Waals surface area contributed by atoms with E-state index in [1.807, 2.05) is 0 Å². The van der Waals surface area contributed by atoms with Gasteiger partial charge in [0, 0.05) is 35.8 Å². The van der Waals surface area contributed by atoms with E-state index in [-0.39, 0.29) is 17.9 Å². The maximum atomic E-state index is 12.3. The first-order valence-corrected chi connectivity index (χ1v) is 9.11. The average Bonchev–Trinajstić information content (AvgIpc) is 3.10. The predicted molar refractivity (Wildman–Crippen MR) is 95.2 cm³/mol. The molecule has 6 heteroatoms. The Labute approximate surface area is 147 Å². The van der Waals surface area contributed by atoms with Crippen LogP contribution >= 0.6 is 11.6 Å². The lowest BCUT2D eigenvalue weighted by atomic mass is 9.95. The first-order valence-electron chi connectivity index (χ1n) is 8.74. The largest absolute Gasteiger partial charge is 0.353 e. The van der Waals surface area contributed by atoms with Gasteiger partial charge in [-0.2, -0.15) is 0 Å². The molecule has 24 heavy (non-hydrogen) atoms. The predicted octanol–water partition coefficient (Wildman–Crippen LogP) is 3.64. The van der Waals surface area contributed by atoms with Crippen LogP contribution in [0.4, 0.5) is 10.5 Å². The molecule has 2 N–H and O–H groups in total. The smallest absolute Gasteiger partial charge is 0.321 e. The summed E-state index contributed by atoms with van der Waals surface area (Å²) in [5.74, 6) is 0.199. The number of carbonyl (C=O) groups excluding carboxylic acids is 2. The van der Waals surface area contributed by atoms with Crippen molar-refractivity contribution in [1.82, 2.24) is 10.2 Å². The van der Waals surface area contributed by atoms with Crippen molar-refractivity contribution in [3.8, 4) is 0 Å². The Balaban J connectivity index is 1.44. The summed E-state index contributed by atoms with van der Waals surface area (Å²) in [5.41, 5.74) is 0.727. The highest BCUT2D eigenvalue weighted by atomic mass is 35.5. The molecule has 1 saturated carbocycles. The van der Waals surface area contributed by atoms with Crippen LogP contribution < -0.4 is 10.6 Å². The number of benzene rings is 1. The first kappa shape index (κ1) is 17.1. The summed E-state index contributed by atoms with van der Waals surface area (Å²) in [6.45, 7) is 1.23. The number of urea groups is 1. The highest BCUT2D eigenvalue weighted by Gasteiger charge is 2.29. The number of amides is 3. The molecule has 0 radical (unpaired) electrons. The zero-order valence-electron chi connectivity index (χ0n) is 13.8. The molecule has 2 fully saturated rings. The van der Waals surface area contributed by atoms with Crippen LogP contribution in [-0.2, 0) is 4.79 Å². The average molecular weight is 350 g/mol. The normalized spacial score (nSPS) is 19.3. The summed E-state index contributed by atoms with van der Waals surface area (Å²) in [6, 6.07) is 7.30. The molecule has 0 spiro atoms. The lowest BCUT2D eigenvalue weighted by Crippen LogP contribution is -2.46. The van der Waals surface area contributed by atoms with E-state index in [1.54, 1.807) is 29.2 Å². The molecule has 3 rings (SSSR count). The topological polar surface area (TPSA) is 61.4 Å². The van der Waals surface area contributed by atoms with Crippen molar-refractivity contribution in [3.63, 3.8) is 0 Å². The molecule has 2 aliphatic rings. The zero-order chi connectivity index (χ0) is 16.9. The minimum Gasteiger partial charge on any atom is -0.353 e. The summed E-state index contributed by atoms with van der Waals surface area (Å²) in [4.78, 5) is 26.4. The molecule has 5 nitrogen and oxygen atoms in total. The van der Waals surface area contributed by atoms with E-state index in [4.69, 9.17) is 11.6 Å². The fraction of sp³-hybridized carbons (Fsp3) is 0.556. The van der Waals surface area contributed by atoms with Gasteiger partial charge < -0.3 is 15.5 Å². The summed E-state index contributed by atoms with van der Waals surface area (Å²) in [5, 5.41) is 6.68. The number of nitrogens with one attached hydrogen (secondary N) is 2. The number of hydrogen-bond donors (Lipinski definition) is 2. The van der Waals surface area contributed by atoms with E-state index >= 15 is 0 Å². The second kappa shape index (κ2) is 7.88. The van der Waals surface area contributed by atoms with Gasteiger partial charge in [0.25, 0.3) is 0 Å². The highest BCUT2D eigenvalue weighted by molar-refractivity contribution is 6.30. The number of anilines is 1. The van der Waals surface area contributed by atoms with Crippen LogP contribution in [0.1, 0.15) is 38.5 Å². The quantitative estimate of drug-likeness (QED) is 0.875. The van der Waals surface area contributed by atoms with Gasteiger partial charge in [0.1, 0.15) is 0 Å². The second-order valence-electron chi connectivity index (χ2n) is 6.69. The molecular formula is C18H24ClN3O2. The fourth-order valence-electron chi connectivity index (χ4n) is 3.47. The third-order valence-electron chi connectivity index (χ3n) is 4.95. The monoisotopic (exact) mass is 349 g/mol. The molecule has 1 saturated heterocycles. The van der Waals surface area contributed by atoms with Crippen LogP contribution in [0, 0.1) is 5.92 Å². The third kappa shape index (κ3) is 4.41. The minimum atomic E-state index is -0.119. The van der Waals surface area contributed by atoms with Crippen LogP contribution in [0.5, 0.6) is 0 Å². The maximum Gasteiger partial charge on any atom is 0.321 e. The first-order chi connectivity index (χ1) is 11.6. The van der Waals surface area contributed by atoms with E-state index in [1.165, 1.54) is 12.8 Å². The molecule has 1 aliphatic carbocycles. The van der Waals surface area contributed by atoms with Crippen molar-refractivity contribution in [2.75, 3.05) is 18.4 Å².